The molecule has 0 aliphatic heterocycles. The molecule has 2 aromatic rings. The van der Waals surface area contributed by atoms with E-state index in [4.69, 9.17) is 4.74 Å². The largest absolute Gasteiger partial charge is 0.436 e. The molecule has 1 heterocycles. The summed E-state index contributed by atoms with van der Waals surface area (Å²) in [4.78, 5) is 13.8. The van der Waals surface area contributed by atoms with Crippen molar-refractivity contribution in [3.05, 3.63) is 56.4 Å². The summed E-state index contributed by atoms with van der Waals surface area (Å²) in [7, 11) is 0. The minimum absolute atomic E-state index is 0.108. The molecule has 0 aliphatic rings. The van der Waals surface area contributed by atoms with Gasteiger partial charge in [-0.05, 0) is 35.0 Å². The van der Waals surface area contributed by atoms with Crippen LogP contribution in [0.5, 0.6) is 11.6 Å². The fourth-order valence-corrected chi connectivity index (χ4v) is 1.87. The number of aryl methyl sites for hydroxylation is 1. The molecule has 0 aliphatic carbocycles. The molecular weight excluding hydrogens is 319 g/mol. The molecule has 0 fully saturated rings. The Morgan fingerprint density at radius 1 is 1.42 bits per heavy atom. The van der Waals surface area contributed by atoms with Crippen molar-refractivity contribution in [1.29, 1.82) is 0 Å². The average molecular weight is 327 g/mol. The molecule has 98 valence electrons. The summed E-state index contributed by atoms with van der Waals surface area (Å²) < 4.78 is 19.7. The quantitative estimate of drug-likeness (QED) is 0.631. The third kappa shape index (κ3) is 3.05. The number of non-ortho nitro benzene ring substituents is 1. The fraction of sp³-hybridized carbons (Fsp3) is 0.0833. The van der Waals surface area contributed by atoms with E-state index in [1.54, 1.807) is 13.0 Å². The second-order valence-corrected chi connectivity index (χ2v) is 4.67. The van der Waals surface area contributed by atoms with Gasteiger partial charge >= 0.3 is 0 Å². The van der Waals surface area contributed by atoms with Gasteiger partial charge in [-0.1, -0.05) is 0 Å². The van der Waals surface area contributed by atoms with Crippen LogP contribution in [0.1, 0.15) is 5.56 Å². The maximum Gasteiger partial charge on any atom is 0.272 e. The minimum atomic E-state index is -0.807. The Bertz CT molecular complexity index is 649. The van der Waals surface area contributed by atoms with Gasteiger partial charge < -0.3 is 4.74 Å². The van der Waals surface area contributed by atoms with E-state index in [1.807, 2.05) is 0 Å². The Balaban J connectivity index is 2.31. The number of pyridine rings is 1. The maximum atomic E-state index is 13.6. The Labute approximate surface area is 116 Å². The van der Waals surface area contributed by atoms with E-state index in [0.717, 1.165) is 10.5 Å². The standard InChI is InChI=1S/C12H8BrFN2O3/c1-7-4-8(13)6-15-12(7)19-11-3-2-9(16(17)18)5-10(11)14/h2-6H,1H3. The molecule has 0 bridgehead atoms. The third-order valence-electron chi connectivity index (χ3n) is 2.33. The highest BCUT2D eigenvalue weighted by Crippen LogP contribution is 2.28. The average Bonchev–Trinajstić information content (AvgIpc) is 2.34. The Hall–Kier alpha value is -2.02. The first-order valence-corrected chi connectivity index (χ1v) is 6.00. The highest BCUT2D eigenvalue weighted by atomic mass is 79.9. The molecule has 0 saturated heterocycles. The number of hydrogen-bond donors (Lipinski definition) is 0. The number of nitro groups is 1. The number of nitro benzene ring substituents is 1. The van der Waals surface area contributed by atoms with Crippen molar-refractivity contribution in [3.8, 4) is 11.6 Å². The first-order valence-electron chi connectivity index (χ1n) is 5.21. The predicted molar refractivity (Wildman–Crippen MR) is 69.8 cm³/mol. The van der Waals surface area contributed by atoms with Gasteiger partial charge in [0.15, 0.2) is 11.6 Å². The van der Waals surface area contributed by atoms with Gasteiger partial charge in [0.25, 0.3) is 5.69 Å². The SMILES string of the molecule is Cc1cc(Br)cnc1Oc1ccc([N+](=O)[O-])cc1F. The zero-order valence-corrected chi connectivity index (χ0v) is 11.3. The van der Waals surface area contributed by atoms with Gasteiger partial charge in [0.1, 0.15) is 0 Å². The second-order valence-electron chi connectivity index (χ2n) is 3.75. The van der Waals surface area contributed by atoms with Crippen molar-refractivity contribution in [1.82, 2.24) is 4.98 Å². The summed E-state index contributed by atoms with van der Waals surface area (Å²) in [5.74, 6) is -0.669. The molecule has 0 spiro atoms. The number of nitrogens with zero attached hydrogens (tertiary/aromatic N) is 2. The van der Waals surface area contributed by atoms with Gasteiger partial charge in [-0.3, -0.25) is 10.1 Å². The van der Waals surface area contributed by atoms with Crippen LogP contribution in [0.3, 0.4) is 0 Å². The molecule has 0 atom stereocenters. The van der Waals surface area contributed by atoms with Crippen LogP contribution in [0.15, 0.2) is 34.9 Å². The Morgan fingerprint density at radius 3 is 2.74 bits per heavy atom. The number of aromatic nitrogens is 1. The van der Waals surface area contributed by atoms with E-state index < -0.39 is 10.7 Å². The summed E-state index contributed by atoms with van der Waals surface area (Å²) >= 11 is 3.25. The van der Waals surface area contributed by atoms with E-state index in [0.29, 0.717) is 5.56 Å². The topological polar surface area (TPSA) is 65.3 Å². The zero-order chi connectivity index (χ0) is 14.0. The number of ether oxygens (including phenoxy) is 1. The van der Waals surface area contributed by atoms with Crippen molar-refractivity contribution in [3.63, 3.8) is 0 Å². The number of halogens is 2. The first kappa shape index (κ1) is 13.4. The molecule has 0 amide bonds. The lowest BCUT2D eigenvalue weighted by molar-refractivity contribution is -0.385. The lowest BCUT2D eigenvalue weighted by atomic mass is 10.3. The molecule has 0 radical (unpaired) electrons. The first-order chi connectivity index (χ1) is 8.97. The van der Waals surface area contributed by atoms with Crippen molar-refractivity contribution < 1.29 is 14.1 Å². The molecule has 0 unspecified atom stereocenters. The highest BCUT2D eigenvalue weighted by molar-refractivity contribution is 9.10. The molecule has 0 N–H and O–H groups in total. The molecule has 1 aromatic carbocycles. The van der Waals surface area contributed by atoms with Crippen LogP contribution < -0.4 is 4.74 Å². The summed E-state index contributed by atoms with van der Waals surface area (Å²) in [5.41, 5.74) is 0.387. The molecule has 7 heteroatoms. The number of hydrogen-bond acceptors (Lipinski definition) is 4. The second kappa shape index (κ2) is 5.31. The fourth-order valence-electron chi connectivity index (χ4n) is 1.43. The highest BCUT2D eigenvalue weighted by Gasteiger charge is 2.13. The summed E-state index contributed by atoms with van der Waals surface area (Å²) in [6.07, 6.45) is 1.52. The molecule has 2 rings (SSSR count). The van der Waals surface area contributed by atoms with Gasteiger partial charge in [0.2, 0.25) is 5.88 Å². The van der Waals surface area contributed by atoms with Crippen molar-refractivity contribution in [2.24, 2.45) is 0 Å². The molecular formula is C12H8BrFN2O3. The lowest BCUT2D eigenvalue weighted by Gasteiger charge is -2.08. The van der Waals surface area contributed by atoms with E-state index >= 15 is 0 Å². The number of benzene rings is 1. The van der Waals surface area contributed by atoms with E-state index in [-0.39, 0.29) is 17.3 Å². The molecule has 1 aromatic heterocycles. The van der Waals surface area contributed by atoms with Crippen LogP contribution in [-0.4, -0.2) is 9.91 Å². The van der Waals surface area contributed by atoms with E-state index in [2.05, 4.69) is 20.9 Å². The zero-order valence-electron chi connectivity index (χ0n) is 9.76. The normalized spacial score (nSPS) is 10.3. The van der Waals surface area contributed by atoms with Crippen LogP contribution >= 0.6 is 15.9 Å². The third-order valence-corrected chi connectivity index (χ3v) is 2.76. The van der Waals surface area contributed by atoms with Crippen molar-refractivity contribution in [2.75, 3.05) is 0 Å². The van der Waals surface area contributed by atoms with Crippen LogP contribution in [0.4, 0.5) is 10.1 Å². The van der Waals surface area contributed by atoms with Crippen molar-refractivity contribution >= 4 is 21.6 Å². The molecule has 5 nitrogen and oxygen atoms in total. The Kier molecular flexibility index (Phi) is 3.75. The monoisotopic (exact) mass is 326 g/mol. The smallest absolute Gasteiger partial charge is 0.272 e. The van der Waals surface area contributed by atoms with Gasteiger partial charge in [-0.2, -0.15) is 0 Å². The van der Waals surface area contributed by atoms with Gasteiger partial charge in [0.05, 0.1) is 11.0 Å². The molecule has 0 saturated carbocycles. The van der Waals surface area contributed by atoms with Crippen LogP contribution in [0, 0.1) is 22.9 Å². The van der Waals surface area contributed by atoms with E-state index in [9.17, 15) is 14.5 Å². The van der Waals surface area contributed by atoms with Crippen molar-refractivity contribution in [2.45, 2.75) is 6.92 Å². The predicted octanol–water partition coefficient (Wildman–Crippen LogP) is 3.99. The minimum Gasteiger partial charge on any atom is -0.436 e. The Morgan fingerprint density at radius 2 is 2.16 bits per heavy atom. The van der Waals surface area contributed by atoms with Gasteiger partial charge in [-0.15, -0.1) is 0 Å². The summed E-state index contributed by atoms with van der Waals surface area (Å²) in [6.45, 7) is 1.76. The van der Waals surface area contributed by atoms with Crippen LogP contribution in [0.25, 0.3) is 0 Å². The lowest BCUT2D eigenvalue weighted by Crippen LogP contribution is -1.95. The summed E-state index contributed by atoms with van der Waals surface area (Å²) in [6, 6.07) is 4.96. The van der Waals surface area contributed by atoms with E-state index in [1.165, 1.54) is 18.3 Å². The summed E-state index contributed by atoms with van der Waals surface area (Å²) in [5, 5.41) is 10.5. The molecule has 19 heavy (non-hydrogen) atoms. The number of rotatable bonds is 3. The maximum absolute atomic E-state index is 13.6. The van der Waals surface area contributed by atoms with Crippen LogP contribution in [0.2, 0.25) is 0 Å². The van der Waals surface area contributed by atoms with Gasteiger partial charge in [-0.25, -0.2) is 9.37 Å². The van der Waals surface area contributed by atoms with Gasteiger partial charge in [0, 0.05) is 22.3 Å². The van der Waals surface area contributed by atoms with Crippen LogP contribution in [-0.2, 0) is 0 Å².